The lowest BCUT2D eigenvalue weighted by Gasteiger charge is -2.35. The average molecular weight is 231 g/mol. The van der Waals surface area contributed by atoms with E-state index in [9.17, 15) is 4.79 Å². The van der Waals surface area contributed by atoms with Gasteiger partial charge in [0.1, 0.15) is 0 Å². The van der Waals surface area contributed by atoms with Crippen LogP contribution in [0, 0.1) is 0 Å². The highest BCUT2D eigenvalue weighted by atomic mass is 16.2. The molecule has 3 heterocycles. The third-order valence-electron chi connectivity index (χ3n) is 3.77. The number of hydrogen-bond acceptors (Lipinski definition) is 3. The minimum Gasteiger partial charge on any atom is -0.334 e. The molecule has 0 saturated carbocycles. The molecule has 1 aromatic rings. The van der Waals surface area contributed by atoms with Crippen LogP contribution >= 0.6 is 0 Å². The molecule has 2 bridgehead atoms. The number of pyridine rings is 1. The number of carbonyl (C=O) groups is 1. The summed E-state index contributed by atoms with van der Waals surface area (Å²) in [7, 11) is 0. The molecule has 2 aliphatic heterocycles. The molecule has 1 aromatic heterocycles. The van der Waals surface area contributed by atoms with E-state index in [-0.39, 0.29) is 5.91 Å². The van der Waals surface area contributed by atoms with Crippen LogP contribution in [0.25, 0.3) is 0 Å². The Balaban J connectivity index is 1.71. The molecule has 90 valence electrons. The summed E-state index contributed by atoms with van der Waals surface area (Å²) in [6.45, 7) is 1.91. The molecule has 1 N–H and O–H groups in total. The molecule has 2 unspecified atom stereocenters. The summed E-state index contributed by atoms with van der Waals surface area (Å²) in [6, 6.07) is 4.68. The van der Waals surface area contributed by atoms with Crippen LogP contribution in [0.5, 0.6) is 0 Å². The first-order chi connectivity index (χ1) is 8.34. The van der Waals surface area contributed by atoms with Crippen molar-refractivity contribution in [2.75, 3.05) is 13.1 Å². The third kappa shape index (κ3) is 2.05. The summed E-state index contributed by atoms with van der Waals surface area (Å²) < 4.78 is 0. The summed E-state index contributed by atoms with van der Waals surface area (Å²) in [4.78, 5) is 18.4. The van der Waals surface area contributed by atoms with Crippen LogP contribution in [0.3, 0.4) is 0 Å². The van der Waals surface area contributed by atoms with Crippen molar-refractivity contribution >= 4 is 5.91 Å². The van der Waals surface area contributed by atoms with Crippen LogP contribution < -0.4 is 5.32 Å². The Morgan fingerprint density at radius 3 is 2.59 bits per heavy atom. The fourth-order valence-corrected chi connectivity index (χ4v) is 2.95. The highest BCUT2D eigenvalue weighted by molar-refractivity contribution is 5.79. The number of rotatable bonds is 2. The summed E-state index contributed by atoms with van der Waals surface area (Å²) >= 11 is 0. The molecule has 2 atom stereocenters. The molecule has 1 amide bonds. The van der Waals surface area contributed by atoms with Crippen molar-refractivity contribution < 1.29 is 4.79 Å². The van der Waals surface area contributed by atoms with E-state index in [1.807, 2.05) is 12.1 Å². The van der Waals surface area contributed by atoms with Crippen LogP contribution in [0.4, 0.5) is 0 Å². The third-order valence-corrected chi connectivity index (χ3v) is 3.77. The van der Waals surface area contributed by atoms with Crippen LogP contribution in [-0.2, 0) is 11.2 Å². The lowest BCUT2D eigenvalue weighted by Crippen LogP contribution is -2.54. The minimum atomic E-state index is 0.269. The van der Waals surface area contributed by atoms with Crippen molar-refractivity contribution in [3.05, 3.63) is 30.1 Å². The molecule has 2 aliphatic rings. The zero-order valence-electron chi connectivity index (χ0n) is 9.80. The van der Waals surface area contributed by atoms with Gasteiger partial charge in [0.25, 0.3) is 0 Å². The highest BCUT2D eigenvalue weighted by Gasteiger charge is 2.38. The van der Waals surface area contributed by atoms with E-state index in [1.54, 1.807) is 12.4 Å². The summed E-state index contributed by atoms with van der Waals surface area (Å²) in [5.41, 5.74) is 1.06. The van der Waals surface area contributed by atoms with Gasteiger partial charge in [0.05, 0.1) is 6.42 Å². The fraction of sp³-hybridized carbons (Fsp3) is 0.538. The molecule has 4 heteroatoms. The van der Waals surface area contributed by atoms with E-state index in [0.29, 0.717) is 18.5 Å². The standard InChI is InChI=1S/C13H17N3O/c17-13(7-10-3-5-14-6-4-10)16-11-1-2-12(16)9-15-8-11/h3-6,11-12,15H,1-2,7-9H2. The molecular formula is C13H17N3O. The van der Waals surface area contributed by atoms with E-state index < -0.39 is 0 Å². The van der Waals surface area contributed by atoms with Gasteiger partial charge in [0.15, 0.2) is 0 Å². The Morgan fingerprint density at radius 1 is 1.29 bits per heavy atom. The van der Waals surface area contributed by atoms with Gasteiger partial charge in [-0.2, -0.15) is 0 Å². The average Bonchev–Trinajstić information content (AvgIpc) is 2.61. The maximum Gasteiger partial charge on any atom is 0.227 e. The van der Waals surface area contributed by atoms with Gasteiger partial charge in [0.2, 0.25) is 5.91 Å². The van der Waals surface area contributed by atoms with Gasteiger partial charge < -0.3 is 10.2 Å². The SMILES string of the molecule is O=C(Cc1ccncc1)N1C2CCC1CNC2. The maximum atomic E-state index is 12.3. The summed E-state index contributed by atoms with van der Waals surface area (Å²) in [5.74, 6) is 0.269. The molecule has 0 aromatic carbocycles. The second kappa shape index (κ2) is 4.45. The lowest BCUT2D eigenvalue weighted by molar-refractivity contribution is -0.134. The van der Waals surface area contributed by atoms with Gasteiger partial charge in [-0.25, -0.2) is 0 Å². The van der Waals surface area contributed by atoms with Gasteiger partial charge in [-0.1, -0.05) is 0 Å². The maximum absolute atomic E-state index is 12.3. The number of hydrogen-bond donors (Lipinski definition) is 1. The Morgan fingerprint density at radius 2 is 1.94 bits per heavy atom. The van der Waals surface area contributed by atoms with Gasteiger partial charge in [-0.15, -0.1) is 0 Å². The molecule has 4 nitrogen and oxygen atoms in total. The van der Waals surface area contributed by atoms with Crippen molar-refractivity contribution in [1.82, 2.24) is 15.2 Å². The Kier molecular flexibility index (Phi) is 2.81. The number of fused-ring (bicyclic) bond motifs is 2. The quantitative estimate of drug-likeness (QED) is 0.810. The lowest BCUT2D eigenvalue weighted by atomic mass is 10.1. The zero-order valence-corrected chi connectivity index (χ0v) is 9.80. The summed E-state index contributed by atoms with van der Waals surface area (Å²) in [6.07, 6.45) is 6.30. The van der Waals surface area contributed by atoms with Crippen LogP contribution in [0.2, 0.25) is 0 Å². The number of nitrogens with one attached hydrogen (secondary N) is 1. The van der Waals surface area contributed by atoms with Crippen LogP contribution in [0.1, 0.15) is 18.4 Å². The first kappa shape index (κ1) is 10.7. The van der Waals surface area contributed by atoms with Crippen molar-refractivity contribution in [2.24, 2.45) is 0 Å². The number of carbonyl (C=O) groups excluding carboxylic acids is 1. The second-order valence-corrected chi connectivity index (χ2v) is 4.88. The monoisotopic (exact) mass is 231 g/mol. The molecule has 0 radical (unpaired) electrons. The first-order valence-electron chi connectivity index (χ1n) is 6.25. The van der Waals surface area contributed by atoms with Gasteiger partial charge in [-0.05, 0) is 30.5 Å². The Hall–Kier alpha value is -1.42. The van der Waals surface area contributed by atoms with Crippen molar-refractivity contribution in [1.29, 1.82) is 0 Å². The second-order valence-electron chi connectivity index (χ2n) is 4.88. The highest BCUT2D eigenvalue weighted by Crippen LogP contribution is 2.27. The molecular weight excluding hydrogens is 214 g/mol. The fourth-order valence-electron chi connectivity index (χ4n) is 2.95. The van der Waals surface area contributed by atoms with Crippen LogP contribution in [0.15, 0.2) is 24.5 Å². The molecule has 2 saturated heterocycles. The van der Waals surface area contributed by atoms with E-state index in [1.165, 1.54) is 0 Å². The molecule has 3 rings (SSSR count). The predicted molar refractivity (Wildman–Crippen MR) is 64.5 cm³/mol. The van der Waals surface area contributed by atoms with E-state index in [2.05, 4.69) is 15.2 Å². The summed E-state index contributed by atoms with van der Waals surface area (Å²) in [5, 5.41) is 3.39. The van der Waals surface area contributed by atoms with E-state index in [4.69, 9.17) is 0 Å². The topological polar surface area (TPSA) is 45.2 Å². The normalized spacial score (nSPS) is 27.2. The van der Waals surface area contributed by atoms with Gasteiger partial charge in [0, 0.05) is 37.6 Å². The number of piperazine rings is 1. The molecule has 2 fully saturated rings. The Bertz CT molecular complexity index is 390. The molecule has 0 aliphatic carbocycles. The van der Waals surface area contributed by atoms with Gasteiger partial charge in [-0.3, -0.25) is 9.78 Å². The number of amides is 1. The number of aromatic nitrogens is 1. The van der Waals surface area contributed by atoms with Crippen molar-refractivity contribution in [3.63, 3.8) is 0 Å². The zero-order chi connectivity index (χ0) is 11.7. The largest absolute Gasteiger partial charge is 0.334 e. The van der Waals surface area contributed by atoms with Gasteiger partial charge >= 0.3 is 0 Å². The first-order valence-corrected chi connectivity index (χ1v) is 6.25. The van der Waals surface area contributed by atoms with Crippen molar-refractivity contribution in [2.45, 2.75) is 31.3 Å². The van der Waals surface area contributed by atoms with Crippen LogP contribution in [-0.4, -0.2) is 41.0 Å². The Labute approximate surface area is 101 Å². The minimum absolute atomic E-state index is 0.269. The number of nitrogens with zero attached hydrogens (tertiary/aromatic N) is 2. The van der Waals surface area contributed by atoms with Crippen molar-refractivity contribution in [3.8, 4) is 0 Å². The smallest absolute Gasteiger partial charge is 0.227 e. The van der Waals surface area contributed by atoms with E-state index in [0.717, 1.165) is 31.5 Å². The molecule has 0 spiro atoms. The van der Waals surface area contributed by atoms with E-state index >= 15 is 0 Å². The molecule has 17 heavy (non-hydrogen) atoms. The predicted octanol–water partition coefficient (Wildman–Crippen LogP) is 0.587.